The van der Waals surface area contributed by atoms with Gasteiger partial charge in [0.2, 0.25) is 11.8 Å². The Kier molecular flexibility index (Phi) is 10.8. The van der Waals surface area contributed by atoms with E-state index in [4.69, 9.17) is 16.3 Å². The van der Waals surface area contributed by atoms with Crippen LogP contribution in [0.15, 0.2) is 84.9 Å². The molecule has 0 heterocycles. The molecular weight excluding hydrogens is 460 g/mol. The molecular formula is C29H33ClN2O3. The number of hydrogen-bond donors (Lipinski definition) is 1. The van der Waals surface area contributed by atoms with Crippen LogP contribution < -0.4 is 5.32 Å². The summed E-state index contributed by atoms with van der Waals surface area (Å²) >= 11 is 6.08. The standard InChI is InChI=1S/C29H33ClN2O3/c1-2-35-19-9-18-31-29(34)27(20-23-10-5-3-6-11-23)32(22-25-14-16-26(30)17-15-25)28(33)21-24-12-7-4-8-13-24/h3-8,10-17,27H,2,9,18-22H2,1H3,(H,31,34)/t27-/m1/s1. The Hall–Kier alpha value is -3.15. The second-order valence-corrected chi connectivity index (χ2v) is 8.79. The zero-order valence-corrected chi connectivity index (χ0v) is 20.9. The second-order valence-electron chi connectivity index (χ2n) is 8.36. The number of ether oxygens (including phenoxy) is 1. The van der Waals surface area contributed by atoms with Crippen LogP contribution >= 0.6 is 11.6 Å². The van der Waals surface area contributed by atoms with E-state index < -0.39 is 6.04 Å². The summed E-state index contributed by atoms with van der Waals surface area (Å²) in [4.78, 5) is 28.8. The molecule has 0 aromatic heterocycles. The molecule has 5 nitrogen and oxygen atoms in total. The van der Waals surface area contributed by atoms with Crippen molar-refractivity contribution < 1.29 is 14.3 Å². The lowest BCUT2D eigenvalue weighted by Gasteiger charge is -2.31. The summed E-state index contributed by atoms with van der Waals surface area (Å²) in [7, 11) is 0. The van der Waals surface area contributed by atoms with Gasteiger partial charge < -0.3 is 15.0 Å². The van der Waals surface area contributed by atoms with Gasteiger partial charge in [0.15, 0.2) is 0 Å². The maximum absolute atomic E-state index is 13.6. The fraction of sp³-hybridized carbons (Fsp3) is 0.310. The van der Waals surface area contributed by atoms with Crippen LogP contribution in [0.25, 0.3) is 0 Å². The molecule has 0 aliphatic carbocycles. The van der Waals surface area contributed by atoms with Gasteiger partial charge in [-0.1, -0.05) is 84.4 Å². The highest BCUT2D eigenvalue weighted by Gasteiger charge is 2.30. The van der Waals surface area contributed by atoms with E-state index in [-0.39, 0.29) is 18.2 Å². The van der Waals surface area contributed by atoms with E-state index in [1.54, 1.807) is 17.0 Å². The van der Waals surface area contributed by atoms with Crippen molar-refractivity contribution in [3.63, 3.8) is 0 Å². The van der Waals surface area contributed by atoms with Crippen molar-refractivity contribution in [1.82, 2.24) is 10.2 Å². The van der Waals surface area contributed by atoms with E-state index in [1.807, 2.05) is 79.7 Å². The highest BCUT2D eigenvalue weighted by Crippen LogP contribution is 2.18. The van der Waals surface area contributed by atoms with Gasteiger partial charge >= 0.3 is 0 Å². The van der Waals surface area contributed by atoms with Crippen LogP contribution in [0.3, 0.4) is 0 Å². The molecule has 0 radical (unpaired) electrons. The van der Waals surface area contributed by atoms with Crippen LogP contribution in [0, 0.1) is 0 Å². The fourth-order valence-electron chi connectivity index (χ4n) is 3.86. The third kappa shape index (κ3) is 8.85. The van der Waals surface area contributed by atoms with Crippen molar-refractivity contribution in [3.8, 4) is 0 Å². The van der Waals surface area contributed by atoms with Crippen molar-refractivity contribution in [2.45, 2.75) is 38.8 Å². The number of nitrogens with one attached hydrogen (secondary N) is 1. The van der Waals surface area contributed by atoms with Gasteiger partial charge in [-0.05, 0) is 42.2 Å². The van der Waals surface area contributed by atoms with Crippen LogP contribution in [-0.2, 0) is 33.7 Å². The molecule has 1 atom stereocenters. The molecule has 0 saturated carbocycles. The Balaban J connectivity index is 1.86. The molecule has 1 N–H and O–H groups in total. The first-order chi connectivity index (χ1) is 17.1. The maximum atomic E-state index is 13.6. The summed E-state index contributed by atoms with van der Waals surface area (Å²) in [5.74, 6) is -0.266. The number of hydrogen-bond acceptors (Lipinski definition) is 3. The van der Waals surface area contributed by atoms with Gasteiger partial charge in [0, 0.05) is 37.7 Å². The molecule has 0 aliphatic rings. The molecule has 6 heteroatoms. The summed E-state index contributed by atoms with van der Waals surface area (Å²) in [5, 5.41) is 3.65. The zero-order valence-electron chi connectivity index (χ0n) is 20.2. The molecule has 0 aliphatic heterocycles. The molecule has 0 unspecified atom stereocenters. The normalized spacial score (nSPS) is 11.6. The summed E-state index contributed by atoms with van der Waals surface area (Å²) in [6.45, 7) is 3.98. The average Bonchev–Trinajstić information content (AvgIpc) is 2.88. The SMILES string of the molecule is CCOCCCNC(=O)[C@@H](Cc1ccccc1)N(Cc1ccc(Cl)cc1)C(=O)Cc1ccccc1. The highest BCUT2D eigenvalue weighted by atomic mass is 35.5. The number of benzene rings is 3. The summed E-state index contributed by atoms with van der Waals surface area (Å²) in [6, 6.07) is 26.2. The van der Waals surface area contributed by atoms with E-state index in [9.17, 15) is 9.59 Å². The first kappa shape index (κ1) is 26.5. The minimum atomic E-state index is -0.656. The number of carbonyl (C=O) groups is 2. The monoisotopic (exact) mass is 492 g/mol. The van der Waals surface area contributed by atoms with Gasteiger partial charge in [0.25, 0.3) is 0 Å². The van der Waals surface area contributed by atoms with Gasteiger partial charge in [0.1, 0.15) is 6.04 Å². The zero-order chi connectivity index (χ0) is 24.9. The molecule has 0 saturated heterocycles. The van der Waals surface area contributed by atoms with Crippen molar-refractivity contribution in [2.24, 2.45) is 0 Å². The Morgan fingerprint density at radius 3 is 2.14 bits per heavy atom. The van der Waals surface area contributed by atoms with Gasteiger partial charge in [-0.25, -0.2) is 0 Å². The molecule has 0 bridgehead atoms. The average molecular weight is 493 g/mol. The van der Waals surface area contributed by atoms with Gasteiger partial charge in [-0.2, -0.15) is 0 Å². The third-order valence-corrected chi connectivity index (χ3v) is 5.96. The molecule has 184 valence electrons. The van der Waals surface area contributed by atoms with Crippen LogP contribution in [-0.4, -0.2) is 42.5 Å². The minimum absolute atomic E-state index is 0.100. The van der Waals surface area contributed by atoms with Crippen LogP contribution in [0.4, 0.5) is 0 Å². The molecule has 35 heavy (non-hydrogen) atoms. The van der Waals surface area contributed by atoms with E-state index >= 15 is 0 Å². The Morgan fingerprint density at radius 2 is 1.51 bits per heavy atom. The van der Waals surface area contributed by atoms with E-state index in [1.165, 1.54) is 0 Å². The lowest BCUT2D eigenvalue weighted by molar-refractivity contribution is -0.140. The van der Waals surface area contributed by atoms with E-state index in [0.29, 0.717) is 44.2 Å². The van der Waals surface area contributed by atoms with Crippen molar-refractivity contribution in [2.75, 3.05) is 19.8 Å². The Labute approximate surface area is 213 Å². The molecule has 2 amide bonds. The quantitative estimate of drug-likeness (QED) is 0.339. The largest absolute Gasteiger partial charge is 0.382 e. The predicted octanol–water partition coefficient (Wildman–Crippen LogP) is 5.07. The topological polar surface area (TPSA) is 58.6 Å². The third-order valence-electron chi connectivity index (χ3n) is 5.70. The summed E-state index contributed by atoms with van der Waals surface area (Å²) in [6.07, 6.45) is 1.36. The van der Waals surface area contributed by atoms with Gasteiger partial charge in [-0.3, -0.25) is 9.59 Å². The van der Waals surface area contributed by atoms with Crippen LogP contribution in [0.5, 0.6) is 0 Å². The number of carbonyl (C=O) groups excluding carboxylic acids is 2. The van der Waals surface area contributed by atoms with E-state index in [0.717, 1.165) is 16.7 Å². The van der Waals surface area contributed by atoms with Gasteiger partial charge in [-0.15, -0.1) is 0 Å². The second kappa shape index (κ2) is 14.3. The predicted molar refractivity (Wildman–Crippen MR) is 140 cm³/mol. The fourth-order valence-corrected chi connectivity index (χ4v) is 3.99. The molecule has 0 fully saturated rings. The number of nitrogens with zero attached hydrogens (tertiary/aromatic N) is 1. The molecule has 3 aromatic rings. The number of halogens is 1. The smallest absolute Gasteiger partial charge is 0.243 e. The summed E-state index contributed by atoms with van der Waals surface area (Å²) < 4.78 is 5.39. The maximum Gasteiger partial charge on any atom is 0.243 e. The minimum Gasteiger partial charge on any atom is -0.382 e. The Bertz CT molecular complexity index is 1040. The van der Waals surface area contributed by atoms with Crippen molar-refractivity contribution >= 4 is 23.4 Å². The Morgan fingerprint density at radius 1 is 0.886 bits per heavy atom. The summed E-state index contributed by atoms with van der Waals surface area (Å²) in [5.41, 5.74) is 2.82. The van der Waals surface area contributed by atoms with Crippen LogP contribution in [0.2, 0.25) is 5.02 Å². The molecule has 3 rings (SSSR count). The molecule has 3 aromatic carbocycles. The van der Waals surface area contributed by atoms with Gasteiger partial charge in [0.05, 0.1) is 6.42 Å². The van der Waals surface area contributed by atoms with Crippen LogP contribution in [0.1, 0.15) is 30.0 Å². The highest BCUT2D eigenvalue weighted by molar-refractivity contribution is 6.30. The van der Waals surface area contributed by atoms with Crippen molar-refractivity contribution in [3.05, 3.63) is 107 Å². The first-order valence-corrected chi connectivity index (χ1v) is 12.4. The lowest BCUT2D eigenvalue weighted by Crippen LogP contribution is -2.51. The number of amides is 2. The van der Waals surface area contributed by atoms with E-state index in [2.05, 4.69) is 5.32 Å². The lowest BCUT2D eigenvalue weighted by atomic mass is 10.0. The number of rotatable bonds is 13. The molecule has 0 spiro atoms. The van der Waals surface area contributed by atoms with Crippen molar-refractivity contribution in [1.29, 1.82) is 0 Å². The first-order valence-electron chi connectivity index (χ1n) is 12.0.